The van der Waals surface area contributed by atoms with Gasteiger partial charge in [0.1, 0.15) is 0 Å². The summed E-state index contributed by atoms with van der Waals surface area (Å²) in [5, 5.41) is 5.05. The van der Waals surface area contributed by atoms with Crippen LogP contribution in [-0.2, 0) is 22.2 Å². The van der Waals surface area contributed by atoms with E-state index in [4.69, 9.17) is 9.88 Å². The summed E-state index contributed by atoms with van der Waals surface area (Å²) < 4.78 is 57.4. The molecule has 186 valence electrons. The van der Waals surface area contributed by atoms with Gasteiger partial charge in [0.2, 0.25) is 16.0 Å². The lowest BCUT2D eigenvalue weighted by Crippen LogP contribution is -2.36. The second kappa shape index (κ2) is 10.7. The Morgan fingerprint density at radius 3 is 2.14 bits per heavy atom. The van der Waals surface area contributed by atoms with Gasteiger partial charge in [-0.05, 0) is 59.6 Å². The average molecular weight is 503 g/mol. The molecule has 2 heterocycles. The van der Waals surface area contributed by atoms with E-state index in [1.54, 1.807) is 24.3 Å². The predicted octanol–water partition coefficient (Wildman–Crippen LogP) is 4.07. The van der Waals surface area contributed by atoms with Crippen LogP contribution in [0.1, 0.15) is 30.9 Å². The summed E-state index contributed by atoms with van der Waals surface area (Å²) in [6.07, 6.45) is 6.19. The largest absolute Gasteiger partial charge is 0.487 e. The van der Waals surface area contributed by atoms with Crippen LogP contribution in [0.25, 0.3) is 11.1 Å². The number of primary sulfonamides is 1. The first kappa shape index (κ1) is 25.0. The first-order valence-electron chi connectivity index (χ1n) is 11.5. The molecule has 2 aromatic carbocycles. The molecule has 0 bridgehead atoms. The summed E-state index contributed by atoms with van der Waals surface area (Å²) in [5.41, 5.74) is 2.46. The van der Waals surface area contributed by atoms with E-state index in [0.29, 0.717) is 22.6 Å². The number of anilines is 1. The zero-order chi connectivity index (χ0) is 25.0. The quantitative estimate of drug-likeness (QED) is 0.499. The molecule has 0 saturated carbocycles. The van der Waals surface area contributed by atoms with E-state index in [2.05, 4.69) is 21.8 Å². The molecule has 35 heavy (non-hydrogen) atoms. The predicted molar refractivity (Wildman–Crippen MR) is 130 cm³/mol. The lowest BCUT2D eigenvalue weighted by atomic mass is 9.98. The van der Waals surface area contributed by atoms with Crippen LogP contribution in [0.5, 0.6) is 5.75 Å². The van der Waals surface area contributed by atoms with Crippen molar-refractivity contribution in [3.63, 3.8) is 0 Å². The number of nitrogens with two attached hydrogens (primary N) is 1. The van der Waals surface area contributed by atoms with Crippen LogP contribution in [-0.4, -0.2) is 38.1 Å². The minimum Gasteiger partial charge on any atom is -0.487 e. The molecule has 2 N–H and O–H groups in total. The van der Waals surface area contributed by atoms with Crippen LogP contribution < -0.4 is 14.8 Å². The van der Waals surface area contributed by atoms with Crippen LogP contribution in [0, 0.1) is 17.6 Å². The molecular weight excluding hydrogens is 474 g/mol. The topological polar surface area (TPSA) is 98.4 Å². The van der Waals surface area contributed by atoms with Gasteiger partial charge in [-0.25, -0.2) is 32.3 Å². The Bertz CT molecular complexity index is 1240. The monoisotopic (exact) mass is 502 g/mol. The van der Waals surface area contributed by atoms with Crippen molar-refractivity contribution < 1.29 is 21.9 Å². The Hall–Kier alpha value is -3.11. The molecule has 0 radical (unpaired) electrons. The molecule has 1 saturated heterocycles. The maximum absolute atomic E-state index is 14.7. The highest BCUT2D eigenvalue weighted by molar-refractivity contribution is 7.88. The van der Waals surface area contributed by atoms with Gasteiger partial charge >= 0.3 is 0 Å². The fourth-order valence-corrected chi connectivity index (χ4v) is 4.74. The maximum Gasteiger partial charge on any atom is 0.225 e. The van der Waals surface area contributed by atoms with Crippen molar-refractivity contribution in [3.05, 3.63) is 71.6 Å². The van der Waals surface area contributed by atoms with Crippen molar-refractivity contribution in [1.29, 1.82) is 0 Å². The maximum atomic E-state index is 14.7. The van der Waals surface area contributed by atoms with Crippen molar-refractivity contribution in [1.82, 2.24) is 9.97 Å². The van der Waals surface area contributed by atoms with E-state index in [-0.39, 0.29) is 24.0 Å². The number of benzene rings is 2. The fourth-order valence-electron chi connectivity index (χ4n) is 4.08. The number of sulfonamides is 1. The molecule has 0 spiro atoms. The van der Waals surface area contributed by atoms with E-state index in [1.165, 1.54) is 12.1 Å². The third-order valence-electron chi connectivity index (χ3n) is 6.11. The molecule has 7 nitrogen and oxygen atoms in total. The minimum atomic E-state index is -3.65. The van der Waals surface area contributed by atoms with Gasteiger partial charge in [-0.15, -0.1) is 0 Å². The standard InChI is InChI=1S/C25H28F2N4O3S/c1-2-17-13-29-25(30-14-17)31-9-7-18(8-10-31)15-34-24-22(26)11-21(12-23(24)27)20-5-3-19(4-6-20)16-35(28,32)33/h3-6,11-14,18H,2,7-10,15-16H2,1H3,(H2,28,32,33). The first-order valence-corrected chi connectivity index (χ1v) is 13.2. The van der Waals surface area contributed by atoms with Crippen LogP contribution in [0.3, 0.4) is 0 Å². The Kier molecular flexibility index (Phi) is 7.61. The van der Waals surface area contributed by atoms with E-state index in [0.717, 1.165) is 37.9 Å². The molecule has 0 unspecified atom stereocenters. The number of piperidine rings is 1. The summed E-state index contributed by atoms with van der Waals surface area (Å²) >= 11 is 0. The second-order valence-corrected chi connectivity index (χ2v) is 10.4. The van der Waals surface area contributed by atoms with Gasteiger partial charge in [0.15, 0.2) is 17.4 Å². The highest BCUT2D eigenvalue weighted by Gasteiger charge is 2.23. The first-order chi connectivity index (χ1) is 16.7. The molecule has 3 aromatic rings. The van der Waals surface area contributed by atoms with Crippen LogP contribution in [0.4, 0.5) is 14.7 Å². The van der Waals surface area contributed by atoms with Crippen LogP contribution >= 0.6 is 0 Å². The summed E-state index contributed by atoms with van der Waals surface area (Å²) in [5.74, 6) is -1.38. The van der Waals surface area contributed by atoms with Gasteiger partial charge in [0, 0.05) is 25.5 Å². The zero-order valence-electron chi connectivity index (χ0n) is 19.5. The summed E-state index contributed by atoms with van der Waals surface area (Å²) in [7, 11) is -3.65. The van der Waals surface area contributed by atoms with E-state index in [9.17, 15) is 17.2 Å². The summed E-state index contributed by atoms with van der Waals surface area (Å²) in [6, 6.07) is 8.76. The van der Waals surface area contributed by atoms with Crippen molar-refractivity contribution in [2.24, 2.45) is 11.1 Å². The average Bonchev–Trinajstić information content (AvgIpc) is 2.83. The highest BCUT2D eigenvalue weighted by Crippen LogP contribution is 2.30. The van der Waals surface area contributed by atoms with E-state index in [1.807, 2.05) is 12.4 Å². The van der Waals surface area contributed by atoms with Crippen molar-refractivity contribution in [2.75, 3.05) is 24.6 Å². The molecule has 0 aliphatic carbocycles. The van der Waals surface area contributed by atoms with E-state index >= 15 is 0 Å². The molecule has 1 aliphatic heterocycles. The Balaban J connectivity index is 1.35. The summed E-state index contributed by atoms with van der Waals surface area (Å²) in [4.78, 5) is 11.0. The molecule has 1 aromatic heterocycles. The number of aromatic nitrogens is 2. The smallest absolute Gasteiger partial charge is 0.225 e. The SMILES string of the molecule is CCc1cnc(N2CCC(COc3c(F)cc(-c4ccc(CS(N)(=O)=O)cc4)cc3F)CC2)nc1. The van der Waals surface area contributed by atoms with E-state index < -0.39 is 21.7 Å². The number of halogens is 2. The lowest BCUT2D eigenvalue weighted by Gasteiger charge is -2.31. The van der Waals surface area contributed by atoms with Gasteiger partial charge in [0.25, 0.3) is 0 Å². The Morgan fingerprint density at radius 1 is 1.00 bits per heavy atom. The molecule has 1 aliphatic rings. The van der Waals surface area contributed by atoms with Crippen molar-refractivity contribution in [3.8, 4) is 16.9 Å². The molecule has 0 amide bonds. The number of aryl methyl sites for hydroxylation is 1. The van der Waals surface area contributed by atoms with Gasteiger partial charge in [-0.3, -0.25) is 0 Å². The molecular formula is C25H28F2N4O3S. The van der Waals surface area contributed by atoms with Crippen molar-refractivity contribution in [2.45, 2.75) is 31.9 Å². The van der Waals surface area contributed by atoms with Gasteiger partial charge in [-0.2, -0.15) is 0 Å². The number of hydrogen-bond acceptors (Lipinski definition) is 6. The third kappa shape index (κ3) is 6.52. The lowest BCUT2D eigenvalue weighted by molar-refractivity contribution is 0.207. The minimum absolute atomic E-state index is 0.172. The van der Waals surface area contributed by atoms with Crippen LogP contribution in [0.2, 0.25) is 0 Å². The number of nitrogens with zero attached hydrogens (tertiary/aromatic N) is 3. The zero-order valence-corrected chi connectivity index (χ0v) is 20.3. The molecule has 1 fully saturated rings. The Labute approximate surface area is 204 Å². The molecule has 0 atom stereocenters. The third-order valence-corrected chi connectivity index (χ3v) is 6.85. The fraction of sp³-hybridized carbons (Fsp3) is 0.360. The molecule has 10 heteroatoms. The van der Waals surface area contributed by atoms with Gasteiger partial charge in [-0.1, -0.05) is 31.2 Å². The molecule has 4 rings (SSSR count). The normalized spacial score (nSPS) is 14.8. The second-order valence-electron chi connectivity index (χ2n) is 8.76. The van der Waals surface area contributed by atoms with Gasteiger partial charge in [0.05, 0.1) is 12.4 Å². The number of ether oxygens (including phenoxy) is 1. The van der Waals surface area contributed by atoms with Crippen LogP contribution in [0.15, 0.2) is 48.8 Å². The van der Waals surface area contributed by atoms with Gasteiger partial charge < -0.3 is 9.64 Å². The highest BCUT2D eigenvalue weighted by atomic mass is 32.2. The number of rotatable bonds is 8. The summed E-state index contributed by atoms with van der Waals surface area (Å²) in [6.45, 7) is 3.79. The van der Waals surface area contributed by atoms with Crippen molar-refractivity contribution >= 4 is 16.0 Å². The number of hydrogen-bond donors (Lipinski definition) is 1. The Morgan fingerprint density at radius 2 is 1.60 bits per heavy atom.